The van der Waals surface area contributed by atoms with Gasteiger partial charge in [-0.05, 0) is 39.7 Å². The number of hydrogen-bond donors (Lipinski definition) is 1. The SMILES string of the molecule is CCC1OCCC1C(=O)N1CCC(C)(NC)CC1. The summed E-state index contributed by atoms with van der Waals surface area (Å²) in [6.07, 6.45) is 4.07. The lowest BCUT2D eigenvalue weighted by Crippen LogP contribution is -2.53. The van der Waals surface area contributed by atoms with Crippen molar-refractivity contribution in [1.29, 1.82) is 0 Å². The summed E-state index contributed by atoms with van der Waals surface area (Å²) in [5, 5.41) is 3.37. The van der Waals surface area contributed by atoms with Crippen LogP contribution in [0, 0.1) is 5.92 Å². The smallest absolute Gasteiger partial charge is 0.228 e. The second-order valence-corrected chi connectivity index (χ2v) is 5.85. The molecule has 2 rings (SSSR count). The van der Waals surface area contributed by atoms with E-state index < -0.39 is 0 Å². The molecule has 2 aliphatic heterocycles. The summed E-state index contributed by atoms with van der Waals surface area (Å²) in [7, 11) is 2.01. The average Bonchev–Trinajstić information content (AvgIpc) is 2.87. The van der Waals surface area contributed by atoms with Crippen LogP contribution in [0.2, 0.25) is 0 Å². The van der Waals surface area contributed by atoms with Crippen molar-refractivity contribution >= 4 is 5.91 Å². The normalized spacial score (nSPS) is 31.6. The van der Waals surface area contributed by atoms with Gasteiger partial charge >= 0.3 is 0 Å². The van der Waals surface area contributed by atoms with Gasteiger partial charge in [-0.3, -0.25) is 4.79 Å². The molecular weight excluding hydrogens is 228 g/mol. The quantitative estimate of drug-likeness (QED) is 0.828. The summed E-state index contributed by atoms with van der Waals surface area (Å²) >= 11 is 0. The van der Waals surface area contributed by atoms with Crippen LogP contribution in [0.4, 0.5) is 0 Å². The Morgan fingerprint density at radius 1 is 1.44 bits per heavy atom. The van der Waals surface area contributed by atoms with Gasteiger partial charge in [-0.15, -0.1) is 0 Å². The maximum atomic E-state index is 12.5. The minimum absolute atomic E-state index is 0.106. The van der Waals surface area contributed by atoms with Crippen LogP contribution in [0.25, 0.3) is 0 Å². The number of nitrogens with one attached hydrogen (secondary N) is 1. The highest BCUT2D eigenvalue weighted by Gasteiger charge is 2.38. The Labute approximate surface area is 110 Å². The summed E-state index contributed by atoms with van der Waals surface area (Å²) in [4.78, 5) is 14.5. The maximum Gasteiger partial charge on any atom is 0.228 e. The van der Waals surface area contributed by atoms with Gasteiger partial charge in [-0.2, -0.15) is 0 Å². The Kier molecular flexibility index (Phi) is 4.28. The molecule has 2 heterocycles. The van der Waals surface area contributed by atoms with Gasteiger partial charge in [-0.1, -0.05) is 6.92 Å². The van der Waals surface area contributed by atoms with Gasteiger partial charge in [0.1, 0.15) is 0 Å². The molecule has 0 aromatic carbocycles. The Morgan fingerprint density at radius 3 is 2.67 bits per heavy atom. The van der Waals surface area contributed by atoms with Crippen molar-refractivity contribution in [3.8, 4) is 0 Å². The molecular formula is C14H26N2O2. The number of likely N-dealkylation sites (tertiary alicyclic amines) is 1. The molecule has 2 fully saturated rings. The van der Waals surface area contributed by atoms with Gasteiger partial charge in [0.05, 0.1) is 12.0 Å². The third-order valence-electron chi connectivity index (χ3n) is 4.71. The molecule has 2 atom stereocenters. The molecule has 0 bridgehead atoms. The first-order chi connectivity index (χ1) is 8.59. The van der Waals surface area contributed by atoms with Gasteiger partial charge in [0.2, 0.25) is 5.91 Å². The fourth-order valence-corrected chi connectivity index (χ4v) is 3.04. The molecule has 1 amide bonds. The van der Waals surface area contributed by atoms with Crippen LogP contribution in [0.5, 0.6) is 0 Å². The molecule has 2 saturated heterocycles. The lowest BCUT2D eigenvalue weighted by Gasteiger charge is -2.40. The largest absolute Gasteiger partial charge is 0.377 e. The van der Waals surface area contributed by atoms with Crippen molar-refractivity contribution in [1.82, 2.24) is 10.2 Å². The first-order valence-corrected chi connectivity index (χ1v) is 7.19. The molecule has 0 radical (unpaired) electrons. The Morgan fingerprint density at radius 2 is 2.11 bits per heavy atom. The van der Waals surface area contributed by atoms with E-state index in [9.17, 15) is 4.79 Å². The van der Waals surface area contributed by atoms with Crippen molar-refractivity contribution in [3.63, 3.8) is 0 Å². The molecule has 0 aliphatic carbocycles. The molecule has 4 nitrogen and oxygen atoms in total. The van der Waals surface area contributed by atoms with Gasteiger partial charge in [0, 0.05) is 25.2 Å². The number of rotatable bonds is 3. The number of nitrogens with zero attached hydrogens (tertiary/aromatic N) is 1. The maximum absolute atomic E-state index is 12.5. The standard InChI is InChI=1S/C14H26N2O2/c1-4-12-11(5-10-18-12)13(17)16-8-6-14(2,15-3)7-9-16/h11-12,15H,4-10H2,1-3H3. The van der Waals surface area contributed by atoms with E-state index in [0.29, 0.717) is 5.91 Å². The van der Waals surface area contributed by atoms with Crippen molar-refractivity contribution in [3.05, 3.63) is 0 Å². The predicted molar refractivity (Wildman–Crippen MR) is 71.4 cm³/mol. The summed E-state index contributed by atoms with van der Waals surface area (Å²) in [6.45, 7) is 6.84. The van der Waals surface area contributed by atoms with E-state index in [1.807, 2.05) is 11.9 Å². The van der Waals surface area contributed by atoms with Crippen LogP contribution in [0.1, 0.15) is 39.5 Å². The Balaban J connectivity index is 1.91. The molecule has 4 heteroatoms. The molecule has 18 heavy (non-hydrogen) atoms. The molecule has 104 valence electrons. The zero-order chi connectivity index (χ0) is 13.2. The third kappa shape index (κ3) is 2.69. The van der Waals surface area contributed by atoms with E-state index in [-0.39, 0.29) is 17.6 Å². The van der Waals surface area contributed by atoms with E-state index in [0.717, 1.165) is 45.4 Å². The lowest BCUT2D eigenvalue weighted by molar-refractivity contribution is -0.139. The van der Waals surface area contributed by atoms with E-state index in [4.69, 9.17) is 4.74 Å². The van der Waals surface area contributed by atoms with E-state index in [1.54, 1.807) is 0 Å². The van der Waals surface area contributed by atoms with Crippen LogP contribution in [-0.4, -0.2) is 49.2 Å². The van der Waals surface area contributed by atoms with Crippen molar-refractivity contribution in [2.75, 3.05) is 26.7 Å². The molecule has 0 aromatic rings. The highest BCUT2D eigenvalue weighted by atomic mass is 16.5. The van der Waals surface area contributed by atoms with Crippen LogP contribution in [0.15, 0.2) is 0 Å². The van der Waals surface area contributed by atoms with Crippen LogP contribution < -0.4 is 5.32 Å². The molecule has 1 N–H and O–H groups in total. The fraction of sp³-hybridized carbons (Fsp3) is 0.929. The summed E-state index contributed by atoms with van der Waals surface area (Å²) < 4.78 is 5.63. The van der Waals surface area contributed by atoms with Crippen LogP contribution in [-0.2, 0) is 9.53 Å². The number of carbonyl (C=O) groups is 1. The summed E-state index contributed by atoms with van der Waals surface area (Å²) in [5.74, 6) is 0.423. The average molecular weight is 254 g/mol. The number of amides is 1. The van der Waals surface area contributed by atoms with Gasteiger partial charge in [0.15, 0.2) is 0 Å². The number of piperidine rings is 1. The van der Waals surface area contributed by atoms with Crippen molar-refractivity contribution in [2.24, 2.45) is 5.92 Å². The first-order valence-electron chi connectivity index (χ1n) is 7.19. The molecule has 0 saturated carbocycles. The Bertz CT molecular complexity index is 298. The zero-order valence-electron chi connectivity index (χ0n) is 11.9. The Hall–Kier alpha value is -0.610. The van der Waals surface area contributed by atoms with E-state index in [1.165, 1.54) is 0 Å². The molecule has 2 aliphatic rings. The molecule has 0 spiro atoms. The van der Waals surface area contributed by atoms with E-state index >= 15 is 0 Å². The summed E-state index contributed by atoms with van der Waals surface area (Å²) in [6, 6.07) is 0. The number of ether oxygens (including phenoxy) is 1. The minimum Gasteiger partial charge on any atom is -0.377 e. The predicted octanol–water partition coefficient (Wildman–Crippen LogP) is 1.40. The van der Waals surface area contributed by atoms with Gasteiger partial charge < -0.3 is 15.0 Å². The van der Waals surface area contributed by atoms with Crippen LogP contribution in [0.3, 0.4) is 0 Å². The van der Waals surface area contributed by atoms with Gasteiger partial charge in [0.25, 0.3) is 0 Å². The number of carbonyl (C=O) groups excluding carboxylic acids is 1. The first kappa shape index (κ1) is 13.8. The molecule has 2 unspecified atom stereocenters. The highest BCUT2D eigenvalue weighted by molar-refractivity contribution is 5.79. The molecule has 0 aromatic heterocycles. The van der Waals surface area contributed by atoms with Crippen molar-refractivity contribution < 1.29 is 9.53 Å². The number of hydrogen-bond acceptors (Lipinski definition) is 3. The third-order valence-corrected chi connectivity index (χ3v) is 4.71. The minimum atomic E-state index is 0.106. The van der Waals surface area contributed by atoms with Gasteiger partial charge in [-0.25, -0.2) is 0 Å². The van der Waals surface area contributed by atoms with E-state index in [2.05, 4.69) is 19.2 Å². The van der Waals surface area contributed by atoms with Crippen molar-refractivity contribution in [2.45, 2.75) is 51.2 Å². The topological polar surface area (TPSA) is 41.6 Å². The second kappa shape index (κ2) is 5.57. The monoisotopic (exact) mass is 254 g/mol. The van der Waals surface area contributed by atoms with Crippen LogP contribution >= 0.6 is 0 Å². The lowest BCUT2D eigenvalue weighted by atomic mass is 9.88. The fourth-order valence-electron chi connectivity index (χ4n) is 3.04. The highest BCUT2D eigenvalue weighted by Crippen LogP contribution is 2.28. The second-order valence-electron chi connectivity index (χ2n) is 5.85. The zero-order valence-corrected chi connectivity index (χ0v) is 11.9. The summed E-state index contributed by atoms with van der Waals surface area (Å²) in [5.41, 5.74) is 0.202.